The van der Waals surface area contributed by atoms with Gasteiger partial charge >= 0.3 is 16.1 Å². The highest BCUT2D eigenvalue weighted by molar-refractivity contribution is 7.86. The second-order valence-electron chi connectivity index (χ2n) is 7.49. The highest BCUT2D eigenvalue weighted by Crippen LogP contribution is 2.30. The summed E-state index contributed by atoms with van der Waals surface area (Å²) >= 11 is 0. The summed E-state index contributed by atoms with van der Waals surface area (Å²) in [6, 6.07) is 8.55. The van der Waals surface area contributed by atoms with E-state index in [2.05, 4.69) is 5.32 Å². The van der Waals surface area contributed by atoms with Crippen molar-refractivity contribution in [2.24, 2.45) is 0 Å². The van der Waals surface area contributed by atoms with Crippen LogP contribution in [0, 0.1) is 0 Å². The lowest BCUT2D eigenvalue weighted by Crippen LogP contribution is -2.44. The minimum absolute atomic E-state index is 0.0862. The number of urea groups is 1. The monoisotopic (exact) mass is 436 g/mol. The summed E-state index contributed by atoms with van der Waals surface area (Å²) in [7, 11) is -2.28. The Hall–Kier alpha value is -2.68. The molecule has 1 saturated carbocycles. The summed E-state index contributed by atoms with van der Waals surface area (Å²) in [6.45, 7) is 0.545. The van der Waals surface area contributed by atoms with Crippen LogP contribution in [0.3, 0.4) is 0 Å². The average molecular weight is 437 g/mol. The van der Waals surface area contributed by atoms with E-state index >= 15 is 0 Å². The summed E-state index contributed by atoms with van der Waals surface area (Å²) in [4.78, 5) is 14.6. The molecule has 0 atom stereocenters. The lowest BCUT2D eigenvalue weighted by atomic mass is 9.96. The Labute approximate surface area is 177 Å². The average Bonchev–Trinajstić information content (AvgIpc) is 3.20. The minimum Gasteiger partial charge on any atom is -0.493 e. The van der Waals surface area contributed by atoms with E-state index in [4.69, 9.17) is 13.3 Å². The number of rotatable bonds is 8. The quantitative estimate of drug-likeness (QED) is 0.634. The fourth-order valence-corrected chi connectivity index (χ4v) is 4.03. The number of amides is 2. The van der Waals surface area contributed by atoms with Gasteiger partial charge in [0.25, 0.3) is 0 Å². The van der Waals surface area contributed by atoms with Gasteiger partial charge in [-0.05, 0) is 42.7 Å². The fourth-order valence-electron chi connectivity index (χ4n) is 3.57. The van der Waals surface area contributed by atoms with E-state index in [0.717, 1.165) is 31.9 Å². The second-order valence-corrected chi connectivity index (χ2v) is 9.07. The maximum absolute atomic E-state index is 13.0. The van der Waals surface area contributed by atoms with Gasteiger partial charge in [-0.25, -0.2) is 4.79 Å². The number of nitrogens with zero attached hydrogens (tertiary/aromatic N) is 1. The van der Waals surface area contributed by atoms with Crippen molar-refractivity contribution in [3.05, 3.63) is 47.9 Å². The van der Waals surface area contributed by atoms with Crippen LogP contribution in [0.2, 0.25) is 0 Å². The van der Waals surface area contributed by atoms with Gasteiger partial charge in [0.1, 0.15) is 5.76 Å². The summed E-state index contributed by atoms with van der Waals surface area (Å²) in [5.74, 6) is 1.05. The van der Waals surface area contributed by atoms with Gasteiger partial charge in [0, 0.05) is 12.6 Å². The zero-order valence-corrected chi connectivity index (χ0v) is 18.1. The van der Waals surface area contributed by atoms with Crippen molar-refractivity contribution >= 4 is 16.1 Å². The van der Waals surface area contributed by atoms with Crippen molar-refractivity contribution in [1.29, 1.82) is 0 Å². The van der Waals surface area contributed by atoms with Crippen LogP contribution in [-0.4, -0.2) is 38.8 Å². The molecule has 1 aromatic heterocycles. The molecule has 1 aliphatic carbocycles. The van der Waals surface area contributed by atoms with Gasteiger partial charge in [0.05, 0.1) is 26.2 Å². The van der Waals surface area contributed by atoms with E-state index in [-0.39, 0.29) is 24.4 Å². The van der Waals surface area contributed by atoms with Crippen LogP contribution in [0.5, 0.6) is 11.5 Å². The Morgan fingerprint density at radius 1 is 1.17 bits per heavy atom. The van der Waals surface area contributed by atoms with Crippen molar-refractivity contribution < 1.29 is 26.5 Å². The standard InChI is InChI=1S/C21H28N2O6S/c1-27-19-11-10-16(13-20(19)29-30(2,25)26)14-23(15-18-9-6-12-28-18)21(24)22-17-7-4-3-5-8-17/h6,9-13,17H,3-5,7-8,14-15H2,1-2H3,(H,22,24). The summed E-state index contributed by atoms with van der Waals surface area (Å²) < 4.78 is 38.8. The first kappa shape index (κ1) is 22.0. The molecule has 0 bridgehead atoms. The number of carbonyl (C=O) groups is 1. The van der Waals surface area contributed by atoms with E-state index in [0.29, 0.717) is 23.6 Å². The van der Waals surface area contributed by atoms with Gasteiger partial charge < -0.3 is 23.6 Å². The first-order valence-corrected chi connectivity index (χ1v) is 11.8. The van der Waals surface area contributed by atoms with E-state index in [1.807, 2.05) is 6.07 Å². The number of carbonyl (C=O) groups excluding carboxylic acids is 1. The van der Waals surface area contributed by atoms with Crippen molar-refractivity contribution in [3.8, 4) is 11.5 Å². The molecule has 1 heterocycles. The normalized spacial score (nSPS) is 14.9. The molecule has 1 fully saturated rings. The lowest BCUT2D eigenvalue weighted by Gasteiger charge is -2.28. The molecule has 2 amide bonds. The topological polar surface area (TPSA) is 98.1 Å². The summed E-state index contributed by atoms with van der Waals surface area (Å²) in [6.07, 6.45) is 7.95. The van der Waals surface area contributed by atoms with Crippen LogP contribution >= 0.6 is 0 Å². The zero-order valence-electron chi connectivity index (χ0n) is 17.3. The lowest BCUT2D eigenvalue weighted by molar-refractivity contribution is 0.180. The number of benzene rings is 1. The molecular formula is C21H28N2O6S. The van der Waals surface area contributed by atoms with Crippen LogP contribution in [-0.2, 0) is 23.2 Å². The molecule has 0 saturated heterocycles. The van der Waals surface area contributed by atoms with Gasteiger partial charge in [0.2, 0.25) is 0 Å². The molecule has 1 N–H and O–H groups in total. The Balaban J connectivity index is 1.79. The van der Waals surface area contributed by atoms with E-state index in [1.54, 1.807) is 35.4 Å². The van der Waals surface area contributed by atoms with Crippen molar-refractivity contribution in [1.82, 2.24) is 10.2 Å². The van der Waals surface area contributed by atoms with Crippen LogP contribution in [0.25, 0.3) is 0 Å². The molecule has 0 radical (unpaired) electrons. The smallest absolute Gasteiger partial charge is 0.318 e. The Morgan fingerprint density at radius 2 is 1.93 bits per heavy atom. The number of hydrogen-bond donors (Lipinski definition) is 1. The number of nitrogens with one attached hydrogen (secondary N) is 1. The third-order valence-electron chi connectivity index (χ3n) is 4.99. The maximum atomic E-state index is 13.0. The number of furan rings is 1. The Morgan fingerprint density at radius 3 is 2.57 bits per heavy atom. The largest absolute Gasteiger partial charge is 0.493 e. The fraction of sp³-hybridized carbons (Fsp3) is 0.476. The van der Waals surface area contributed by atoms with E-state index in [9.17, 15) is 13.2 Å². The Bertz CT molecular complexity index is 936. The molecule has 0 aliphatic heterocycles. The van der Waals surface area contributed by atoms with Crippen molar-refractivity contribution in [2.75, 3.05) is 13.4 Å². The minimum atomic E-state index is -3.72. The number of hydrogen-bond acceptors (Lipinski definition) is 6. The molecule has 8 nitrogen and oxygen atoms in total. The van der Waals surface area contributed by atoms with Crippen LogP contribution < -0.4 is 14.2 Å². The molecule has 9 heteroatoms. The van der Waals surface area contributed by atoms with Crippen LogP contribution in [0.15, 0.2) is 41.0 Å². The third kappa shape index (κ3) is 6.41. The van der Waals surface area contributed by atoms with E-state index in [1.165, 1.54) is 13.5 Å². The first-order chi connectivity index (χ1) is 14.3. The highest BCUT2D eigenvalue weighted by atomic mass is 32.2. The molecule has 1 aliphatic rings. The molecule has 1 aromatic carbocycles. The molecule has 0 unspecified atom stereocenters. The van der Waals surface area contributed by atoms with Crippen molar-refractivity contribution in [3.63, 3.8) is 0 Å². The predicted octanol–water partition coefficient (Wildman–Crippen LogP) is 3.67. The Kier molecular flexibility index (Phi) is 7.25. The third-order valence-corrected chi connectivity index (χ3v) is 5.47. The number of ether oxygens (including phenoxy) is 1. The summed E-state index contributed by atoms with van der Waals surface area (Å²) in [5.41, 5.74) is 0.708. The highest BCUT2D eigenvalue weighted by Gasteiger charge is 2.22. The maximum Gasteiger partial charge on any atom is 0.318 e. The van der Waals surface area contributed by atoms with Gasteiger partial charge in [0.15, 0.2) is 11.5 Å². The second kappa shape index (κ2) is 9.88. The van der Waals surface area contributed by atoms with E-state index < -0.39 is 10.1 Å². The molecule has 3 rings (SSSR count). The molecule has 0 spiro atoms. The predicted molar refractivity (Wildman–Crippen MR) is 112 cm³/mol. The summed E-state index contributed by atoms with van der Waals surface area (Å²) in [5, 5.41) is 3.12. The molecular weight excluding hydrogens is 408 g/mol. The first-order valence-electron chi connectivity index (χ1n) is 9.98. The van der Waals surface area contributed by atoms with Crippen LogP contribution in [0.4, 0.5) is 4.79 Å². The van der Waals surface area contributed by atoms with Gasteiger partial charge in [-0.2, -0.15) is 8.42 Å². The molecule has 30 heavy (non-hydrogen) atoms. The van der Waals surface area contributed by atoms with Crippen LogP contribution in [0.1, 0.15) is 43.4 Å². The molecule has 164 valence electrons. The SMILES string of the molecule is COc1ccc(CN(Cc2ccco2)C(=O)NC2CCCCC2)cc1OS(C)(=O)=O. The van der Waals surface area contributed by atoms with Gasteiger partial charge in [-0.3, -0.25) is 0 Å². The van der Waals surface area contributed by atoms with Gasteiger partial charge in [-0.15, -0.1) is 0 Å². The van der Waals surface area contributed by atoms with Gasteiger partial charge in [-0.1, -0.05) is 25.3 Å². The zero-order chi connectivity index (χ0) is 21.6. The number of methoxy groups -OCH3 is 1. The molecule has 2 aromatic rings. The van der Waals surface area contributed by atoms with Crippen molar-refractivity contribution in [2.45, 2.75) is 51.2 Å².